The molecule has 4 nitrogen and oxygen atoms in total. The SMILES string of the molecule is CCCCOCCOCCOCCC1CSCC1NC. The molecule has 0 aromatic rings. The Balaban J connectivity index is 1.78. The Morgan fingerprint density at radius 2 is 1.60 bits per heavy atom. The van der Waals surface area contributed by atoms with Gasteiger partial charge in [0.05, 0.1) is 26.4 Å². The standard InChI is InChI=1S/C15H31NO3S/c1-3-4-6-17-8-10-19-11-9-18-7-5-14-12-20-13-15(14)16-2/h14-16H,3-13H2,1-2H3. The Morgan fingerprint density at radius 3 is 2.25 bits per heavy atom. The van der Waals surface area contributed by atoms with E-state index in [1.807, 2.05) is 11.8 Å². The summed E-state index contributed by atoms with van der Waals surface area (Å²) in [6, 6.07) is 0.667. The maximum atomic E-state index is 5.63. The summed E-state index contributed by atoms with van der Waals surface area (Å²) >= 11 is 2.04. The van der Waals surface area contributed by atoms with E-state index in [0.717, 1.165) is 32.0 Å². The minimum absolute atomic E-state index is 0.667. The molecule has 2 unspecified atom stereocenters. The Morgan fingerprint density at radius 1 is 0.950 bits per heavy atom. The van der Waals surface area contributed by atoms with Crippen molar-refractivity contribution in [3.63, 3.8) is 0 Å². The quantitative estimate of drug-likeness (QED) is 0.528. The first-order chi connectivity index (χ1) is 9.88. The van der Waals surface area contributed by atoms with Crippen LogP contribution in [-0.4, -0.2) is 64.2 Å². The van der Waals surface area contributed by atoms with E-state index in [1.165, 1.54) is 17.9 Å². The van der Waals surface area contributed by atoms with Gasteiger partial charge in [0.15, 0.2) is 0 Å². The zero-order valence-electron chi connectivity index (χ0n) is 13.1. The second kappa shape index (κ2) is 12.9. The molecule has 1 N–H and O–H groups in total. The molecule has 5 heteroatoms. The van der Waals surface area contributed by atoms with Gasteiger partial charge in [0, 0.05) is 25.0 Å². The number of unbranched alkanes of at least 4 members (excludes halogenated alkanes) is 1. The van der Waals surface area contributed by atoms with Gasteiger partial charge >= 0.3 is 0 Å². The van der Waals surface area contributed by atoms with Crippen molar-refractivity contribution < 1.29 is 14.2 Å². The Bertz CT molecular complexity index is 219. The van der Waals surface area contributed by atoms with E-state index in [9.17, 15) is 0 Å². The predicted molar refractivity (Wildman–Crippen MR) is 85.6 cm³/mol. The van der Waals surface area contributed by atoms with E-state index >= 15 is 0 Å². The van der Waals surface area contributed by atoms with Gasteiger partial charge in [-0.05, 0) is 31.6 Å². The third-order valence-corrected chi connectivity index (χ3v) is 4.85. The summed E-state index contributed by atoms with van der Waals surface area (Å²) in [6.45, 7) is 6.60. The van der Waals surface area contributed by atoms with Crippen molar-refractivity contribution in [3.05, 3.63) is 0 Å². The molecule has 1 aliphatic heterocycles. The molecule has 2 atom stereocenters. The van der Waals surface area contributed by atoms with Crippen molar-refractivity contribution >= 4 is 11.8 Å². The first kappa shape index (κ1) is 18.2. The van der Waals surface area contributed by atoms with E-state index in [0.29, 0.717) is 32.5 Å². The van der Waals surface area contributed by atoms with Crippen molar-refractivity contribution in [1.82, 2.24) is 5.32 Å². The lowest BCUT2D eigenvalue weighted by atomic mass is 10.0. The van der Waals surface area contributed by atoms with Crippen LogP contribution < -0.4 is 5.32 Å². The predicted octanol–water partition coefficient (Wildman–Crippen LogP) is 2.18. The third kappa shape index (κ3) is 8.47. The molecule has 20 heavy (non-hydrogen) atoms. The first-order valence-corrected chi connectivity index (χ1v) is 9.02. The molecule has 1 rings (SSSR count). The molecule has 0 saturated carbocycles. The lowest BCUT2D eigenvalue weighted by Crippen LogP contribution is -2.32. The molecule has 1 fully saturated rings. The van der Waals surface area contributed by atoms with Gasteiger partial charge in [-0.25, -0.2) is 0 Å². The molecule has 1 aliphatic rings. The van der Waals surface area contributed by atoms with Gasteiger partial charge in [0.2, 0.25) is 0 Å². The Labute approximate surface area is 128 Å². The van der Waals surface area contributed by atoms with Crippen molar-refractivity contribution in [2.45, 2.75) is 32.2 Å². The molecule has 1 saturated heterocycles. The minimum Gasteiger partial charge on any atom is -0.379 e. The molecular formula is C15H31NO3S. The smallest absolute Gasteiger partial charge is 0.0701 e. The van der Waals surface area contributed by atoms with Crippen LogP contribution in [-0.2, 0) is 14.2 Å². The number of nitrogens with one attached hydrogen (secondary N) is 1. The van der Waals surface area contributed by atoms with Gasteiger partial charge in [-0.3, -0.25) is 0 Å². The zero-order valence-corrected chi connectivity index (χ0v) is 13.9. The minimum atomic E-state index is 0.667. The lowest BCUT2D eigenvalue weighted by molar-refractivity contribution is 0.0118. The summed E-state index contributed by atoms with van der Waals surface area (Å²) < 4.78 is 16.5. The normalized spacial score (nSPS) is 22.5. The van der Waals surface area contributed by atoms with E-state index < -0.39 is 0 Å². The van der Waals surface area contributed by atoms with Gasteiger partial charge in [-0.15, -0.1) is 0 Å². The zero-order chi connectivity index (χ0) is 14.5. The van der Waals surface area contributed by atoms with Gasteiger partial charge < -0.3 is 19.5 Å². The van der Waals surface area contributed by atoms with Crippen LogP contribution in [0, 0.1) is 5.92 Å². The summed E-state index contributed by atoms with van der Waals surface area (Å²) in [5, 5.41) is 3.39. The van der Waals surface area contributed by atoms with Crippen LogP contribution in [0.1, 0.15) is 26.2 Å². The molecule has 0 bridgehead atoms. The lowest BCUT2D eigenvalue weighted by Gasteiger charge is -2.17. The van der Waals surface area contributed by atoms with Gasteiger partial charge in [0.25, 0.3) is 0 Å². The highest BCUT2D eigenvalue weighted by Gasteiger charge is 2.25. The molecule has 120 valence electrons. The van der Waals surface area contributed by atoms with Crippen molar-refractivity contribution in [1.29, 1.82) is 0 Å². The molecule has 0 spiro atoms. The number of hydrogen-bond donors (Lipinski definition) is 1. The summed E-state index contributed by atoms with van der Waals surface area (Å²) in [6.07, 6.45) is 3.47. The van der Waals surface area contributed by atoms with Crippen LogP contribution >= 0.6 is 11.8 Å². The van der Waals surface area contributed by atoms with E-state index in [1.54, 1.807) is 0 Å². The molecule has 0 aromatic carbocycles. The van der Waals surface area contributed by atoms with Gasteiger partial charge in [-0.2, -0.15) is 11.8 Å². The van der Waals surface area contributed by atoms with Gasteiger partial charge in [-0.1, -0.05) is 13.3 Å². The molecule has 1 heterocycles. The molecule has 0 aromatic heterocycles. The highest BCUT2D eigenvalue weighted by Crippen LogP contribution is 2.26. The average molecular weight is 305 g/mol. The fraction of sp³-hybridized carbons (Fsp3) is 1.00. The second-order valence-corrected chi connectivity index (χ2v) is 6.25. The third-order valence-electron chi connectivity index (χ3n) is 3.59. The highest BCUT2D eigenvalue weighted by molar-refractivity contribution is 7.99. The molecular weight excluding hydrogens is 274 g/mol. The fourth-order valence-electron chi connectivity index (χ4n) is 2.23. The fourth-order valence-corrected chi connectivity index (χ4v) is 3.76. The maximum Gasteiger partial charge on any atom is 0.0701 e. The van der Waals surface area contributed by atoms with Crippen LogP contribution in [0.4, 0.5) is 0 Å². The molecule has 0 amide bonds. The van der Waals surface area contributed by atoms with Crippen LogP contribution in [0.15, 0.2) is 0 Å². The van der Waals surface area contributed by atoms with Crippen molar-refractivity contribution in [2.24, 2.45) is 5.92 Å². The number of rotatable bonds is 13. The van der Waals surface area contributed by atoms with Crippen LogP contribution in [0.3, 0.4) is 0 Å². The summed E-state index contributed by atoms with van der Waals surface area (Å²) in [5.41, 5.74) is 0. The molecule has 0 aliphatic carbocycles. The van der Waals surface area contributed by atoms with Crippen molar-refractivity contribution in [3.8, 4) is 0 Å². The average Bonchev–Trinajstić information content (AvgIpc) is 2.92. The summed E-state index contributed by atoms with van der Waals surface area (Å²) in [4.78, 5) is 0. The van der Waals surface area contributed by atoms with Crippen LogP contribution in [0.25, 0.3) is 0 Å². The highest BCUT2D eigenvalue weighted by atomic mass is 32.2. The molecule has 0 radical (unpaired) electrons. The monoisotopic (exact) mass is 305 g/mol. The maximum absolute atomic E-state index is 5.63. The van der Waals surface area contributed by atoms with Gasteiger partial charge in [0.1, 0.15) is 0 Å². The summed E-state index contributed by atoms with van der Waals surface area (Å²) in [5.74, 6) is 3.26. The van der Waals surface area contributed by atoms with Crippen molar-refractivity contribution in [2.75, 3.05) is 58.2 Å². The number of hydrogen-bond acceptors (Lipinski definition) is 5. The van der Waals surface area contributed by atoms with E-state index in [-0.39, 0.29) is 0 Å². The first-order valence-electron chi connectivity index (χ1n) is 7.86. The summed E-state index contributed by atoms with van der Waals surface area (Å²) in [7, 11) is 2.06. The largest absolute Gasteiger partial charge is 0.379 e. The topological polar surface area (TPSA) is 39.7 Å². The van der Waals surface area contributed by atoms with Crippen LogP contribution in [0.2, 0.25) is 0 Å². The second-order valence-electron chi connectivity index (χ2n) is 5.17. The number of thioether (sulfide) groups is 1. The van der Waals surface area contributed by atoms with E-state index in [4.69, 9.17) is 14.2 Å². The Kier molecular flexibility index (Phi) is 11.8. The Hall–Kier alpha value is 0.190. The number of ether oxygens (including phenoxy) is 3. The van der Waals surface area contributed by atoms with Crippen LogP contribution in [0.5, 0.6) is 0 Å². The van der Waals surface area contributed by atoms with E-state index in [2.05, 4.69) is 19.3 Å².